The molecule has 7 amide bonds. The molecule has 462 valence electrons. The van der Waals surface area contributed by atoms with Crippen LogP contribution in [0, 0.1) is 13.8 Å². The first-order valence-electron chi connectivity index (χ1n) is 29.1. The molecule has 0 aromatic heterocycles. The zero-order chi connectivity index (χ0) is 64.4. The highest BCUT2D eigenvalue weighted by Crippen LogP contribution is 2.64. The number of imide groups is 1. The first-order chi connectivity index (χ1) is 43.5. The maximum Gasteiger partial charge on any atom is 0.336 e. The molecule has 2 atom stereocenters. The summed E-state index contributed by atoms with van der Waals surface area (Å²) in [4.78, 5) is 62.4. The second-order valence-electron chi connectivity index (χ2n) is 23.2. The molecule has 3 aliphatic heterocycles. The van der Waals surface area contributed by atoms with Crippen molar-refractivity contribution in [3.63, 3.8) is 0 Å². The van der Waals surface area contributed by atoms with Gasteiger partial charge in [0.1, 0.15) is 22.4 Å². The van der Waals surface area contributed by atoms with Crippen LogP contribution < -0.4 is 29.4 Å². The van der Waals surface area contributed by atoms with Crippen molar-refractivity contribution in [2.75, 3.05) is 29.4 Å². The maximum absolute atomic E-state index is 13.8. The first kappa shape index (κ1) is 63.5. The standard InChI is InChI=1S/C24H20Cl2N2O2.C23H18Cl2N2O3.C17H12Cl2N2O2.C7H7Br/c1-16-3-2-4-17(15-16)24(30)23(13-14-23)27(20-9-5-18(25)6-10-20)22(29)28(24)21-11-7-19(26)8-12-21;24-16-4-8-18(9-5-16)26-21(29)27(19-10-6-17(25)7-11-19)23(30,22(26)12-13-22)15-2-1-3-20(28)14-15;18-11-1-5-13(6-2-11)20-15(22)17(9-10-17)21(16(20)23)14-7-3-12(19)4-8-14;1-6-3-2-4-7(8)5-6/h2-12,15,30H,13-14H2,1H3;1-11,14,28,30H,12-13H2;1-8H,9-10H2;2-5H,1H3. The molecule has 0 radical (unpaired) electrons. The molecule has 20 heteroatoms. The van der Waals surface area contributed by atoms with E-state index < -0.39 is 28.1 Å². The van der Waals surface area contributed by atoms with E-state index in [1.165, 1.54) is 32.4 Å². The lowest BCUT2D eigenvalue weighted by Gasteiger charge is -2.38. The fraction of sp³-hybridized carbons (Fsp3) is 0.183. The Labute approximate surface area is 564 Å². The van der Waals surface area contributed by atoms with Gasteiger partial charge >= 0.3 is 18.1 Å². The van der Waals surface area contributed by atoms with Gasteiger partial charge in [-0.15, -0.1) is 0 Å². The van der Waals surface area contributed by atoms with Gasteiger partial charge in [0.2, 0.25) is 0 Å². The minimum atomic E-state index is -1.68. The van der Waals surface area contributed by atoms with Gasteiger partial charge in [-0.1, -0.05) is 145 Å². The third-order valence-electron chi connectivity index (χ3n) is 17.3. The molecule has 91 heavy (non-hydrogen) atoms. The average Bonchev–Trinajstić information content (AvgIpc) is 1.53. The molecule has 9 aromatic rings. The summed E-state index contributed by atoms with van der Waals surface area (Å²) < 4.78 is 1.15. The van der Waals surface area contributed by atoms with E-state index in [4.69, 9.17) is 69.6 Å². The van der Waals surface area contributed by atoms with Crippen LogP contribution in [0.2, 0.25) is 30.1 Å². The Morgan fingerprint density at radius 1 is 0.363 bits per heavy atom. The van der Waals surface area contributed by atoms with Crippen LogP contribution in [0.1, 0.15) is 60.8 Å². The smallest absolute Gasteiger partial charge is 0.336 e. The van der Waals surface area contributed by atoms with Crippen LogP contribution in [-0.2, 0) is 16.2 Å². The van der Waals surface area contributed by atoms with Crippen molar-refractivity contribution in [3.05, 3.63) is 275 Å². The van der Waals surface area contributed by atoms with Crippen LogP contribution in [0.5, 0.6) is 5.75 Å². The molecule has 13 nitrogen and oxygen atoms in total. The molecule has 3 saturated carbocycles. The first-order valence-corrected chi connectivity index (χ1v) is 32.2. The number of phenolic OH excluding ortho intramolecular Hbond substituents is 1. The van der Waals surface area contributed by atoms with Gasteiger partial charge < -0.3 is 15.3 Å². The fourth-order valence-electron chi connectivity index (χ4n) is 12.6. The minimum absolute atomic E-state index is 0.0187. The number of aryl methyl sites for hydroxylation is 2. The van der Waals surface area contributed by atoms with Crippen molar-refractivity contribution in [1.29, 1.82) is 0 Å². The van der Waals surface area contributed by atoms with Gasteiger partial charge in [-0.2, -0.15) is 0 Å². The Hall–Kier alpha value is -7.60. The average molecular weight is 1400 g/mol. The van der Waals surface area contributed by atoms with Gasteiger partial charge in [0.25, 0.3) is 5.91 Å². The van der Waals surface area contributed by atoms with Crippen molar-refractivity contribution < 1.29 is 34.5 Å². The molecule has 2 unspecified atom stereocenters. The molecule has 9 aromatic carbocycles. The minimum Gasteiger partial charge on any atom is -0.508 e. The summed E-state index contributed by atoms with van der Waals surface area (Å²) in [7, 11) is 0. The molecule has 3 spiro atoms. The Morgan fingerprint density at radius 3 is 1.00 bits per heavy atom. The number of nitrogens with zero attached hydrogens (tertiary/aromatic N) is 6. The van der Waals surface area contributed by atoms with Crippen LogP contribution in [0.15, 0.2) is 223 Å². The topological polar surface area (TPSA) is 148 Å². The van der Waals surface area contributed by atoms with Crippen LogP contribution in [0.4, 0.5) is 48.5 Å². The number of halogens is 7. The van der Waals surface area contributed by atoms with E-state index in [0.717, 1.165) is 10.0 Å². The van der Waals surface area contributed by atoms with Crippen molar-refractivity contribution in [1.82, 2.24) is 0 Å². The number of rotatable bonds is 8. The molecule has 0 bridgehead atoms. The third-order valence-corrected chi connectivity index (χ3v) is 19.3. The van der Waals surface area contributed by atoms with E-state index in [9.17, 15) is 34.5 Å². The largest absolute Gasteiger partial charge is 0.508 e. The number of anilines is 6. The SMILES string of the molecule is Cc1cccc(Br)c1.Cc1cccc(C2(O)N(c3ccc(Cl)cc3)C(=O)N(c3ccc(Cl)cc3)C23CC3)c1.O=C1N(c2ccc(Cl)cc2)C(=O)C2(CC2)N1c1ccc(Cl)cc1.O=C1N(c2ccc(Cl)cc2)C2(CC2)C(O)(c2cccc(O)c2)N1c1ccc(Cl)cc1. The van der Waals surface area contributed by atoms with E-state index in [0.29, 0.717) is 114 Å². The lowest BCUT2D eigenvalue weighted by Crippen LogP contribution is -2.51. The van der Waals surface area contributed by atoms with Crippen molar-refractivity contribution >= 4 is 144 Å². The highest BCUT2D eigenvalue weighted by Gasteiger charge is 2.76. The van der Waals surface area contributed by atoms with Crippen LogP contribution in [-0.4, -0.2) is 55.9 Å². The molecule has 6 aliphatic rings. The third kappa shape index (κ3) is 11.5. The highest BCUT2D eigenvalue weighted by atomic mass is 79.9. The van der Waals surface area contributed by atoms with E-state index in [1.807, 2.05) is 55.5 Å². The summed E-state index contributed by atoms with van der Waals surface area (Å²) in [5.41, 5.74) is 1.55. The van der Waals surface area contributed by atoms with Crippen molar-refractivity contribution in [3.8, 4) is 5.75 Å². The predicted octanol–water partition coefficient (Wildman–Crippen LogP) is 18.9. The summed E-state index contributed by atoms with van der Waals surface area (Å²) in [5.74, 6) is -0.162. The number of aliphatic hydroxyl groups is 2. The number of aromatic hydroxyl groups is 1. The number of benzene rings is 9. The summed E-state index contributed by atoms with van der Waals surface area (Å²) in [6.45, 7) is 4.05. The van der Waals surface area contributed by atoms with E-state index in [1.54, 1.807) is 160 Å². The van der Waals surface area contributed by atoms with Gasteiger partial charge in [0.05, 0.1) is 5.69 Å². The Bertz CT molecular complexity index is 4060. The van der Waals surface area contributed by atoms with Crippen LogP contribution in [0.25, 0.3) is 0 Å². The lowest BCUT2D eigenvalue weighted by molar-refractivity contribution is -0.118. The molecule has 3 saturated heterocycles. The zero-order valence-corrected chi connectivity index (χ0v) is 55.0. The number of carbonyl (C=O) groups is 4. The summed E-state index contributed by atoms with van der Waals surface area (Å²) in [6, 6.07) is 62.9. The molecule has 3 N–H and O–H groups in total. The molecule has 15 rings (SSSR count). The van der Waals surface area contributed by atoms with Crippen molar-refractivity contribution in [2.45, 2.75) is 80.4 Å². The molecular formula is C71H57BrCl6N6O7. The predicted molar refractivity (Wildman–Crippen MR) is 367 cm³/mol. The molecular weight excluding hydrogens is 1340 g/mol. The van der Waals surface area contributed by atoms with Crippen LogP contribution in [0.3, 0.4) is 0 Å². The second kappa shape index (κ2) is 24.8. The Balaban J connectivity index is 0.000000125. The number of hydrogen-bond donors (Lipinski definition) is 3. The van der Waals surface area contributed by atoms with E-state index in [-0.39, 0.29) is 29.8 Å². The monoisotopic (exact) mass is 1390 g/mol. The zero-order valence-electron chi connectivity index (χ0n) is 48.8. The van der Waals surface area contributed by atoms with E-state index in [2.05, 4.69) is 35.0 Å². The number of carbonyl (C=O) groups excluding carboxylic acids is 4. The normalized spacial score (nSPS) is 20.1. The highest BCUT2D eigenvalue weighted by molar-refractivity contribution is 9.10. The molecule has 3 heterocycles. The number of amides is 7. The van der Waals surface area contributed by atoms with Crippen molar-refractivity contribution in [2.24, 2.45) is 0 Å². The van der Waals surface area contributed by atoms with Gasteiger partial charge in [0, 0.05) is 74.2 Å². The lowest BCUT2D eigenvalue weighted by atomic mass is 9.90. The van der Waals surface area contributed by atoms with Gasteiger partial charge in [-0.3, -0.25) is 29.3 Å². The van der Waals surface area contributed by atoms with Crippen LogP contribution >= 0.6 is 85.5 Å². The molecule has 6 fully saturated rings. The van der Waals surface area contributed by atoms with Gasteiger partial charge in [0.15, 0.2) is 11.4 Å². The number of urea groups is 3. The summed E-state index contributed by atoms with van der Waals surface area (Å²) in [6.07, 6.45) is 3.94. The summed E-state index contributed by atoms with van der Waals surface area (Å²) in [5, 5.41) is 38.0. The summed E-state index contributed by atoms with van der Waals surface area (Å²) >= 11 is 39.4. The molecule has 3 aliphatic carbocycles. The fourth-order valence-corrected chi connectivity index (χ4v) is 13.9. The van der Waals surface area contributed by atoms with E-state index >= 15 is 0 Å². The number of hydrogen-bond acceptors (Lipinski definition) is 7. The maximum atomic E-state index is 13.8. The van der Waals surface area contributed by atoms with Gasteiger partial charge in [-0.05, 0) is 222 Å². The number of phenols is 1. The Morgan fingerprint density at radius 2 is 0.681 bits per heavy atom. The quantitative estimate of drug-likeness (QED) is 0.128. The van der Waals surface area contributed by atoms with Gasteiger partial charge in [-0.25, -0.2) is 19.3 Å². The Kier molecular flexibility index (Phi) is 17.3. The second-order valence-corrected chi connectivity index (χ2v) is 26.7.